The fraction of sp³-hybridized carbons (Fsp3) is 0.857. The molecule has 0 bridgehead atoms. The van der Waals surface area contributed by atoms with Crippen molar-refractivity contribution < 1.29 is 4.79 Å². The molecule has 0 aromatic rings. The summed E-state index contributed by atoms with van der Waals surface area (Å²) in [6.45, 7) is 11.0. The van der Waals surface area contributed by atoms with Crippen LogP contribution in [0.4, 0.5) is 0 Å². The van der Waals surface area contributed by atoms with Crippen LogP contribution >= 0.6 is 0 Å². The Kier molecular flexibility index (Phi) is 4.75. The molecule has 4 nitrogen and oxygen atoms in total. The number of hydrogen-bond donors (Lipinski definition) is 0. The van der Waals surface area contributed by atoms with Crippen LogP contribution in [0.25, 0.3) is 0 Å². The SMILES string of the molecule is CC(C)CN1CC(C)(C)CN(C)C(CC#N)C1=O. The number of carbonyl (C=O) groups is 1. The van der Waals surface area contributed by atoms with E-state index in [0.717, 1.165) is 19.6 Å². The first-order valence-electron chi connectivity index (χ1n) is 6.63. The fourth-order valence-corrected chi connectivity index (χ4v) is 2.75. The van der Waals surface area contributed by atoms with Gasteiger partial charge in [0.25, 0.3) is 0 Å². The maximum Gasteiger partial charge on any atom is 0.241 e. The molecule has 0 aliphatic carbocycles. The zero-order valence-electron chi connectivity index (χ0n) is 12.2. The van der Waals surface area contributed by atoms with E-state index in [0.29, 0.717) is 5.92 Å². The first kappa shape index (κ1) is 15.0. The lowest BCUT2D eigenvalue weighted by atomic mass is 9.92. The lowest BCUT2D eigenvalue weighted by Gasteiger charge is -2.30. The van der Waals surface area contributed by atoms with Crippen molar-refractivity contribution in [2.75, 3.05) is 26.7 Å². The van der Waals surface area contributed by atoms with Crippen LogP contribution in [0.15, 0.2) is 0 Å². The number of nitriles is 1. The van der Waals surface area contributed by atoms with Gasteiger partial charge in [-0.2, -0.15) is 5.26 Å². The van der Waals surface area contributed by atoms with E-state index in [-0.39, 0.29) is 23.8 Å². The average molecular weight is 251 g/mol. The Morgan fingerprint density at radius 2 is 2.06 bits per heavy atom. The van der Waals surface area contributed by atoms with Gasteiger partial charge in [0.1, 0.15) is 6.04 Å². The van der Waals surface area contributed by atoms with Crippen molar-refractivity contribution in [3.63, 3.8) is 0 Å². The molecule has 1 aliphatic rings. The fourth-order valence-electron chi connectivity index (χ4n) is 2.75. The maximum atomic E-state index is 12.5. The highest BCUT2D eigenvalue weighted by Crippen LogP contribution is 2.25. The molecule has 1 rings (SSSR count). The molecule has 0 saturated carbocycles. The molecular weight excluding hydrogens is 226 g/mol. The Hall–Kier alpha value is -1.08. The summed E-state index contributed by atoms with van der Waals surface area (Å²) in [4.78, 5) is 16.5. The first-order chi connectivity index (χ1) is 8.26. The summed E-state index contributed by atoms with van der Waals surface area (Å²) >= 11 is 0. The molecule has 0 N–H and O–H groups in total. The van der Waals surface area contributed by atoms with Gasteiger partial charge in [-0.25, -0.2) is 0 Å². The lowest BCUT2D eigenvalue weighted by Crippen LogP contribution is -2.45. The summed E-state index contributed by atoms with van der Waals surface area (Å²) < 4.78 is 0. The van der Waals surface area contributed by atoms with Gasteiger partial charge in [-0.05, 0) is 18.4 Å². The van der Waals surface area contributed by atoms with Crippen LogP contribution < -0.4 is 0 Å². The predicted molar refractivity (Wildman–Crippen MR) is 71.8 cm³/mol. The molecule has 1 unspecified atom stereocenters. The van der Waals surface area contributed by atoms with Crippen molar-refractivity contribution in [1.29, 1.82) is 5.26 Å². The van der Waals surface area contributed by atoms with Crippen molar-refractivity contribution >= 4 is 5.91 Å². The standard InChI is InChI=1S/C14H25N3O/c1-11(2)8-17-10-14(3,4)9-16(5)12(6-7-15)13(17)18/h11-12H,6,8-10H2,1-5H3. The number of rotatable bonds is 3. The third-order valence-electron chi connectivity index (χ3n) is 3.30. The van der Waals surface area contributed by atoms with Gasteiger partial charge in [-0.3, -0.25) is 9.69 Å². The topological polar surface area (TPSA) is 47.3 Å². The molecule has 1 amide bonds. The summed E-state index contributed by atoms with van der Waals surface area (Å²) in [7, 11) is 1.94. The quantitative estimate of drug-likeness (QED) is 0.767. The van der Waals surface area contributed by atoms with Crippen molar-refractivity contribution in [2.24, 2.45) is 11.3 Å². The van der Waals surface area contributed by atoms with Gasteiger partial charge < -0.3 is 4.90 Å². The van der Waals surface area contributed by atoms with E-state index in [4.69, 9.17) is 5.26 Å². The average Bonchev–Trinajstić information content (AvgIpc) is 2.27. The minimum Gasteiger partial charge on any atom is -0.340 e. The van der Waals surface area contributed by atoms with Crippen molar-refractivity contribution in [3.8, 4) is 6.07 Å². The highest BCUT2D eigenvalue weighted by atomic mass is 16.2. The monoisotopic (exact) mass is 251 g/mol. The van der Waals surface area contributed by atoms with Gasteiger partial charge in [-0.15, -0.1) is 0 Å². The molecule has 0 spiro atoms. The van der Waals surface area contributed by atoms with E-state index in [1.807, 2.05) is 16.8 Å². The van der Waals surface area contributed by atoms with E-state index >= 15 is 0 Å². The third-order valence-corrected chi connectivity index (χ3v) is 3.30. The molecule has 102 valence electrons. The largest absolute Gasteiger partial charge is 0.340 e. The molecule has 1 aliphatic heterocycles. The Labute approximate surface area is 111 Å². The van der Waals surface area contributed by atoms with Gasteiger partial charge in [0.05, 0.1) is 12.5 Å². The molecule has 1 heterocycles. The van der Waals surface area contributed by atoms with Gasteiger partial charge >= 0.3 is 0 Å². The minimum absolute atomic E-state index is 0.0729. The van der Waals surface area contributed by atoms with Crippen LogP contribution in [0.1, 0.15) is 34.1 Å². The summed E-state index contributed by atoms with van der Waals surface area (Å²) in [6.07, 6.45) is 0.278. The van der Waals surface area contributed by atoms with Gasteiger partial charge in [0, 0.05) is 19.6 Å². The molecule has 1 atom stereocenters. The molecule has 0 aromatic heterocycles. The first-order valence-corrected chi connectivity index (χ1v) is 6.63. The number of carbonyl (C=O) groups excluding carboxylic acids is 1. The minimum atomic E-state index is -0.282. The van der Waals surface area contributed by atoms with Crippen LogP contribution in [0, 0.1) is 22.7 Å². The van der Waals surface area contributed by atoms with E-state index in [1.54, 1.807) is 0 Å². The molecule has 1 saturated heterocycles. The Morgan fingerprint density at radius 1 is 1.44 bits per heavy atom. The summed E-state index contributed by atoms with van der Waals surface area (Å²) in [5.41, 5.74) is 0.0729. The maximum absolute atomic E-state index is 12.5. The summed E-state index contributed by atoms with van der Waals surface area (Å²) in [6, 6.07) is 1.86. The van der Waals surface area contributed by atoms with Crippen LogP contribution in [0.2, 0.25) is 0 Å². The Morgan fingerprint density at radius 3 is 2.56 bits per heavy atom. The predicted octanol–water partition coefficient (Wildman–Crippen LogP) is 1.72. The third kappa shape index (κ3) is 3.71. The number of likely N-dealkylation sites (N-methyl/N-ethyl adjacent to an activating group) is 1. The number of hydrogen-bond acceptors (Lipinski definition) is 3. The highest BCUT2D eigenvalue weighted by molar-refractivity contribution is 5.82. The van der Waals surface area contributed by atoms with E-state index in [9.17, 15) is 4.79 Å². The molecule has 1 fully saturated rings. The number of nitrogens with zero attached hydrogens (tertiary/aromatic N) is 3. The summed E-state index contributed by atoms with van der Waals surface area (Å²) in [5, 5.41) is 8.90. The second-order valence-corrected chi connectivity index (χ2v) is 6.57. The Balaban J connectivity index is 2.96. The zero-order valence-corrected chi connectivity index (χ0v) is 12.2. The van der Waals surface area contributed by atoms with Crippen LogP contribution in [-0.4, -0.2) is 48.4 Å². The molecule has 0 aromatic carbocycles. The van der Waals surface area contributed by atoms with Crippen LogP contribution in [0.3, 0.4) is 0 Å². The van der Waals surface area contributed by atoms with Gasteiger partial charge in [0.2, 0.25) is 5.91 Å². The zero-order chi connectivity index (χ0) is 13.9. The molecule has 4 heteroatoms. The van der Waals surface area contributed by atoms with Crippen molar-refractivity contribution in [3.05, 3.63) is 0 Å². The smallest absolute Gasteiger partial charge is 0.241 e. The van der Waals surface area contributed by atoms with Crippen LogP contribution in [0.5, 0.6) is 0 Å². The van der Waals surface area contributed by atoms with E-state index in [1.165, 1.54) is 0 Å². The normalized spacial score (nSPS) is 25.1. The number of amides is 1. The summed E-state index contributed by atoms with van der Waals surface area (Å²) in [5.74, 6) is 0.564. The van der Waals surface area contributed by atoms with E-state index < -0.39 is 0 Å². The molecule has 18 heavy (non-hydrogen) atoms. The second-order valence-electron chi connectivity index (χ2n) is 6.57. The van der Waals surface area contributed by atoms with Gasteiger partial charge in [-0.1, -0.05) is 27.7 Å². The highest BCUT2D eigenvalue weighted by Gasteiger charge is 2.37. The van der Waals surface area contributed by atoms with Crippen LogP contribution in [-0.2, 0) is 4.79 Å². The van der Waals surface area contributed by atoms with Crippen molar-refractivity contribution in [2.45, 2.75) is 40.2 Å². The molecular formula is C14H25N3O. The Bertz CT molecular complexity index is 343. The van der Waals surface area contributed by atoms with E-state index in [2.05, 4.69) is 33.8 Å². The lowest BCUT2D eigenvalue weighted by molar-refractivity contribution is -0.135. The van der Waals surface area contributed by atoms with Crippen molar-refractivity contribution in [1.82, 2.24) is 9.80 Å². The van der Waals surface area contributed by atoms with Gasteiger partial charge in [0.15, 0.2) is 0 Å². The molecule has 0 radical (unpaired) electrons. The second kappa shape index (κ2) is 5.71.